The van der Waals surface area contributed by atoms with Crippen LogP contribution in [-0.4, -0.2) is 74.1 Å². The van der Waals surface area contributed by atoms with E-state index in [0.29, 0.717) is 45.3 Å². The lowest BCUT2D eigenvalue weighted by Crippen LogP contribution is -2.69. The molecule has 10 nitrogen and oxygen atoms in total. The van der Waals surface area contributed by atoms with Crippen molar-refractivity contribution in [3.63, 3.8) is 0 Å². The summed E-state index contributed by atoms with van der Waals surface area (Å²) in [7, 11) is 0. The Hall–Kier alpha value is -3.26. The van der Waals surface area contributed by atoms with Crippen molar-refractivity contribution in [1.82, 2.24) is 10.2 Å². The second-order valence-electron chi connectivity index (χ2n) is 12.0. The molecular weight excluding hydrogens is 571 g/mol. The molecule has 1 aromatic carbocycles. The van der Waals surface area contributed by atoms with Gasteiger partial charge in [-0.05, 0) is 81.3 Å². The van der Waals surface area contributed by atoms with Crippen LogP contribution in [-0.2, 0) is 27.0 Å². The van der Waals surface area contributed by atoms with Crippen LogP contribution in [0.4, 0.5) is 13.2 Å². The fourth-order valence-corrected chi connectivity index (χ4v) is 7.73. The van der Waals surface area contributed by atoms with E-state index in [0.717, 1.165) is 6.07 Å². The molecule has 1 unspecified atom stereocenters. The van der Waals surface area contributed by atoms with E-state index in [9.17, 15) is 48.0 Å². The number of rotatable bonds is 7. The quantitative estimate of drug-likeness (QED) is 0.254. The number of quaternary nitrogens is 1. The standard InChI is InChI=1S/C30H36F3N3O7/c1-3-8-36(9-4-2)23-16-11-13-10-15-20(18(37)12-14(17-6-5-7-35-17)22(15)30(31,32)33)24(38)19(13)26(40)29(16,43)27(41)21(25(23)39)28(34)42/h12-13,16-17,23,35,37-38,41,43H,3-11H2,1-2H3,(H2,34,42)/p+1/t13-,16-,17?,23-,29-/m0/s1. The Bertz CT molecular complexity index is 1440. The molecule has 0 aromatic heterocycles. The topological polar surface area (TPSA) is 175 Å². The van der Waals surface area contributed by atoms with Crippen molar-refractivity contribution in [3.8, 4) is 5.75 Å². The Kier molecular flexibility index (Phi) is 7.99. The van der Waals surface area contributed by atoms with Gasteiger partial charge in [-0.15, -0.1) is 0 Å². The van der Waals surface area contributed by atoms with Gasteiger partial charge < -0.3 is 25.7 Å². The van der Waals surface area contributed by atoms with Crippen molar-refractivity contribution < 1.29 is 53.7 Å². The molecule has 1 amide bonds. The Morgan fingerprint density at radius 2 is 1.81 bits per heavy atom. The van der Waals surface area contributed by atoms with E-state index < -0.39 is 99.1 Å². The van der Waals surface area contributed by atoms with E-state index in [1.165, 1.54) is 0 Å². The average molecular weight is 609 g/mol. The molecule has 0 spiro atoms. The average Bonchev–Trinajstić information content (AvgIpc) is 3.45. The first-order valence-corrected chi connectivity index (χ1v) is 14.7. The first kappa shape index (κ1) is 31.2. The number of fused-ring (bicyclic) bond motifs is 3. The molecule has 1 saturated carbocycles. The number of hydrogen-bond donors (Lipinski definition) is 6. The third kappa shape index (κ3) is 4.68. The van der Waals surface area contributed by atoms with Gasteiger partial charge in [0.1, 0.15) is 11.5 Å². The molecule has 0 bridgehead atoms. The molecule has 5 atom stereocenters. The van der Waals surface area contributed by atoms with Crippen molar-refractivity contribution in [1.29, 1.82) is 0 Å². The lowest BCUT2D eigenvalue weighted by atomic mass is 9.57. The highest BCUT2D eigenvalue weighted by molar-refractivity contribution is 6.22. The maximum absolute atomic E-state index is 14.7. The number of amides is 1. The molecule has 5 rings (SSSR count). The number of phenolic OH excluding ortho intramolecular Hbond substituents is 1. The zero-order valence-electron chi connectivity index (χ0n) is 24.1. The molecule has 13 heteroatoms. The number of alkyl halides is 3. The number of nitrogens with zero attached hydrogens (tertiary/aromatic N) is 1. The van der Waals surface area contributed by atoms with Gasteiger partial charge in [0.15, 0.2) is 22.7 Å². The van der Waals surface area contributed by atoms with E-state index in [-0.39, 0.29) is 17.5 Å². The number of Topliss-reactive ketones (excluding diaryl/α,β-unsaturated/α-hetero) is 2. The second kappa shape index (κ2) is 11.0. The largest absolute Gasteiger partial charge is 0.508 e. The summed E-state index contributed by atoms with van der Waals surface area (Å²) in [5.41, 5.74) is -2.96. The number of aliphatic hydroxyl groups excluding tert-OH is 2. The highest BCUT2D eigenvalue weighted by Gasteiger charge is 2.65. The molecule has 1 saturated heterocycles. The summed E-state index contributed by atoms with van der Waals surface area (Å²) in [5.74, 6) is -8.33. The van der Waals surface area contributed by atoms with Gasteiger partial charge in [-0.2, -0.15) is 13.2 Å². The minimum atomic E-state index is -4.86. The Morgan fingerprint density at radius 3 is 2.35 bits per heavy atom. The monoisotopic (exact) mass is 608 g/mol. The van der Waals surface area contributed by atoms with Crippen LogP contribution in [0.5, 0.6) is 5.75 Å². The fourth-order valence-electron chi connectivity index (χ4n) is 7.73. The zero-order valence-corrected chi connectivity index (χ0v) is 24.1. The number of ketones is 2. The number of phenols is 1. The van der Waals surface area contributed by atoms with Crippen LogP contribution >= 0.6 is 0 Å². The maximum Gasteiger partial charge on any atom is 0.417 e. The normalized spacial score (nSPS) is 29.2. The van der Waals surface area contributed by atoms with Gasteiger partial charge in [0.05, 0.1) is 17.2 Å². The first-order valence-electron chi connectivity index (χ1n) is 14.7. The molecular formula is C30H37F3N3O7+. The SMILES string of the molecule is CCCN(CCC)[C@@H]1C(=O)C(C([NH3+])=O)=C(O)[C@@]2(O)C(=O)C3=C(O)c4c(O)cc(C5CCCN5)c(C(F)(F)F)c4C[C@H]3C[C@@H]12. The summed E-state index contributed by atoms with van der Waals surface area (Å²) in [6.45, 7) is 4.90. The molecule has 1 aliphatic heterocycles. The van der Waals surface area contributed by atoms with Crippen LogP contribution in [0.2, 0.25) is 0 Å². The maximum atomic E-state index is 14.7. The van der Waals surface area contributed by atoms with E-state index in [1.54, 1.807) is 4.90 Å². The molecule has 3 aliphatic carbocycles. The van der Waals surface area contributed by atoms with Gasteiger partial charge in [-0.1, -0.05) is 13.8 Å². The predicted molar refractivity (Wildman–Crippen MR) is 146 cm³/mol. The van der Waals surface area contributed by atoms with E-state index in [1.807, 2.05) is 13.8 Å². The Balaban J connectivity index is 1.74. The van der Waals surface area contributed by atoms with Crippen LogP contribution < -0.4 is 11.1 Å². The van der Waals surface area contributed by atoms with Gasteiger partial charge in [-0.25, -0.2) is 4.79 Å². The predicted octanol–water partition coefficient (Wildman–Crippen LogP) is 2.25. The second-order valence-corrected chi connectivity index (χ2v) is 12.0. The molecule has 43 heavy (non-hydrogen) atoms. The molecule has 4 aliphatic rings. The van der Waals surface area contributed by atoms with Crippen LogP contribution in [0.25, 0.3) is 5.76 Å². The number of carbonyl (C=O) groups is 3. The summed E-state index contributed by atoms with van der Waals surface area (Å²) in [6.07, 6.45) is -3.33. The first-order chi connectivity index (χ1) is 20.2. The highest BCUT2D eigenvalue weighted by Crippen LogP contribution is 2.55. The van der Waals surface area contributed by atoms with Gasteiger partial charge in [0.25, 0.3) is 0 Å². The van der Waals surface area contributed by atoms with Gasteiger partial charge >= 0.3 is 12.1 Å². The van der Waals surface area contributed by atoms with E-state index in [2.05, 4.69) is 11.1 Å². The zero-order chi connectivity index (χ0) is 31.6. The summed E-state index contributed by atoms with van der Waals surface area (Å²) >= 11 is 0. The Morgan fingerprint density at radius 1 is 1.16 bits per heavy atom. The highest BCUT2D eigenvalue weighted by atomic mass is 19.4. The van der Waals surface area contributed by atoms with Crippen molar-refractivity contribution in [2.24, 2.45) is 11.8 Å². The number of carbonyl (C=O) groups excluding carboxylic acids is 3. The minimum Gasteiger partial charge on any atom is -0.508 e. The third-order valence-corrected chi connectivity index (χ3v) is 9.36. The lowest BCUT2D eigenvalue weighted by Gasteiger charge is -2.51. The van der Waals surface area contributed by atoms with Crippen LogP contribution in [0.1, 0.15) is 74.2 Å². The molecule has 1 aromatic rings. The number of aliphatic hydroxyl groups is 3. The lowest BCUT2D eigenvalue weighted by molar-refractivity contribution is -0.299. The number of hydrogen-bond acceptors (Lipinski definition) is 9. The van der Waals surface area contributed by atoms with E-state index >= 15 is 0 Å². The molecule has 2 fully saturated rings. The summed E-state index contributed by atoms with van der Waals surface area (Å²) < 4.78 is 44.1. The van der Waals surface area contributed by atoms with Crippen LogP contribution in [0, 0.1) is 11.8 Å². The molecule has 8 N–H and O–H groups in total. The summed E-state index contributed by atoms with van der Waals surface area (Å²) in [6, 6.07) is -0.970. The van der Waals surface area contributed by atoms with Crippen molar-refractivity contribution >= 4 is 23.2 Å². The fraction of sp³-hybridized carbons (Fsp3) is 0.567. The third-order valence-electron chi connectivity index (χ3n) is 9.36. The number of aromatic hydroxyl groups is 1. The van der Waals surface area contributed by atoms with Crippen molar-refractivity contribution in [2.75, 3.05) is 19.6 Å². The number of nitrogens with one attached hydrogen (secondary N) is 1. The van der Waals surface area contributed by atoms with Gasteiger partial charge in [0, 0.05) is 17.5 Å². The Labute approximate surface area is 246 Å². The van der Waals surface area contributed by atoms with Crippen molar-refractivity contribution in [3.05, 3.63) is 45.2 Å². The van der Waals surface area contributed by atoms with Crippen LogP contribution in [0.15, 0.2) is 23.0 Å². The summed E-state index contributed by atoms with van der Waals surface area (Å²) in [5, 5.41) is 48.4. The smallest absolute Gasteiger partial charge is 0.417 e. The summed E-state index contributed by atoms with van der Waals surface area (Å²) in [4.78, 5) is 42.0. The minimum absolute atomic E-state index is 0.155. The van der Waals surface area contributed by atoms with Crippen LogP contribution in [0.3, 0.4) is 0 Å². The number of halogens is 3. The molecule has 1 heterocycles. The number of benzene rings is 1. The van der Waals surface area contributed by atoms with E-state index in [4.69, 9.17) is 0 Å². The van der Waals surface area contributed by atoms with Crippen molar-refractivity contribution in [2.45, 2.75) is 76.2 Å². The van der Waals surface area contributed by atoms with Gasteiger partial charge in [0.2, 0.25) is 5.78 Å². The van der Waals surface area contributed by atoms with Gasteiger partial charge in [-0.3, -0.25) is 20.2 Å². The molecule has 234 valence electrons. The molecule has 0 radical (unpaired) electrons.